The minimum absolute atomic E-state index is 0.176. The van der Waals surface area contributed by atoms with Gasteiger partial charge in [0.15, 0.2) is 11.5 Å². The van der Waals surface area contributed by atoms with Gasteiger partial charge >= 0.3 is 0 Å². The summed E-state index contributed by atoms with van der Waals surface area (Å²) in [7, 11) is 0. The van der Waals surface area contributed by atoms with E-state index in [0.29, 0.717) is 16.8 Å². The number of anilines is 1. The molecule has 0 amide bonds. The van der Waals surface area contributed by atoms with Crippen molar-refractivity contribution >= 4 is 27.4 Å². The van der Waals surface area contributed by atoms with Crippen molar-refractivity contribution in [1.82, 2.24) is 4.98 Å². The van der Waals surface area contributed by atoms with E-state index in [9.17, 15) is 13.7 Å². The summed E-state index contributed by atoms with van der Waals surface area (Å²) < 4.78 is 26.9. The molecule has 0 aliphatic heterocycles. The lowest BCUT2D eigenvalue weighted by molar-refractivity contribution is -0.0862. The maximum atomic E-state index is 13.1. The van der Waals surface area contributed by atoms with Crippen LogP contribution in [-0.2, 0) is 0 Å². The van der Waals surface area contributed by atoms with Gasteiger partial charge in [0.05, 0.1) is 0 Å². The first-order valence-corrected chi connectivity index (χ1v) is 7.25. The lowest BCUT2D eigenvalue weighted by atomic mass is 9.86. The molecule has 0 unspecified atom stereocenters. The Hall–Kier alpha value is -1.11. The van der Waals surface area contributed by atoms with E-state index in [1.165, 1.54) is 0 Å². The maximum absolute atomic E-state index is 13.1. The third-order valence-corrected chi connectivity index (χ3v) is 3.69. The average molecular weight is 348 g/mol. The summed E-state index contributed by atoms with van der Waals surface area (Å²) in [5, 5.41) is 2.97. The largest absolute Gasteiger partial charge is 0.351 e. The normalized spacial score (nSPS) is 17.9. The zero-order valence-electron chi connectivity index (χ0n) is 11.3. The van der Waals surface area contributed by atoms with Gasteiger partial charge in [-0.15, -0.1) is 4.91 Å². The topological polar surface area (TPSA) is 45.6 Å². The van der Waals surface area contributed by atoms with Gasteiger partial charge in [0, 0.05) is 36.1 Å². The molecule has 0 spiro atoms. The first-order chi connectivity index (χ1) is 9.32. The van der Waals surface area contributed by atoms with Crippen LogP contribution in [0.1, 0.15) is 26.7 Å². The lowest BCUT2D eigenvalue weighted by Crippen LogP contribution is -2.52. The van der Waals surface area contributed by atoms with Gasteiger partial charge in [-0.25, -0.2) is 13.8 Å². The van der Waals surface area contributed by atoms with Crippen LogP contribution in [0.15, 0.2) is 21.9 Å². The minimum atomic E-state index is -2.61. The fourth-order valence-corrected chi connectivity index (χ4v) is 2.68. The quantitative estimate of drug-likeness (QED) is 0.736. The summed E-state index contributed by atoms with van der Waals surface area (Å²) in [5.41, 5.74) is 0.176. The third-order valence-electron chi connectivity index (χ3n) is 3.26. The Bertz CT molecular complexity index is 502. The monoisotopic (exact) mass is 347 g/mol. The van der Waals surface area contributed by atoms with Crippen molar-refractivity contribution in [2.75, 3.05) is 11.4 Å². The lowest BCUT2D eigenvalue weighted by Gasteiger charge is -2.44. The summed E-state index contributed by atoms with van der Waals surface area (Å²) in [6, 6.07) is 1.26. The van der Waals surface area contributed by atoms with E-state index in [4.69, 9.17) is 0 Å². The molecule has 0 saturated heterocycles. The summed E-state index contributed by atoms with van der Waals surface area (Å²) >= 11 is 3.22. The number of hydrogen-bond donors (Lipinski definition) is 0. The molecule has 110 valence electrons. The van der Waals surface area contributed by atoms with Crippen molar-refractivity contribution in [1.29, 1.82) is 0 Å². The highest BCUT2D eigenvalue weighted by molar-refractivity contribution is 9.10. The fraction of sp³-hybridized carbons (Fsp3) is 0.615. The molecular formula is C13H16BrF2N3O. The number of nitroso groups, excluding NO2 is 1. The number of halogens is 3. The highest BCUT2D eigenvalue weighted by Gasteiger charge is 2.48. The zero-order valence-corrected chi connectivity index (χ0v) is 12.9. The molecule has 0 bridgehead atoms. The Morgan fingerprint density at radius 3 is 2.70 bits per heavy atom. The first-order valence-electron chi connectivity index (χ1n) is 6.46. The zero-order chi connectivity index (χ0) is 14.9. The van der Waals surface area contributed by atoms with Crippen LogP contribution in [0.5, 0.6) is 0 Å². The van der Waals surface area contributed by atoms with Crippen LogP contribution in [0.3, 0.4) is 0 Å². The van der Waals surface area contributed by atoms with Crippen molar-refractivity contribution in [3.05, 3.63) is 21.6 Å². The molecule has 0 N–H and O–H groups in total. The van der Waals surface area contributed by atoms with Crippen LogP contribution in [-0.4, -0.2) is 23.5 Å². The Morgan fingerprint density at radius 2 is 2.20 bits per heavy atom. The van der Waals surface area contributed by atoms with Gasteiger partial charge in [0.2, 0.25) is 0 Å². The van der Waals surface area contributed by atoms with Gasteiger partial charge in [-0.05, 0) is 33.1 Å². The first kappa shape index (κ1) is 15.3. The van der Waals surface area contributed by atoms with Crippen molar-refractivity contribution in [2.24, 2.45) is 11.1 Å². The SMILES string of the molecule is CC(C)CN(c1ncc(Br)cc1N=O)C1CC(F)(F)C1. The van der Waals surface area contributed by atoms with Gasteiger partial charge in [-0.3, -0.25) is 0 Å². The van der Waals surface area contributed by atoms with E-state index in [-0.39, 0.29) is 30.5 Å². The fourth-order valence-electron chi connectivity index (χ4n) is 2.36. The van der Waals surface area contributed by atoms with E-state index in [1.54, 1.807) is 17.2 Å². The molecular weight excluding hydrogens is 332 g/mol. The Kier molecular flexibility index (Phi) is 4.36. The van der Waals surface area contributed by atoms with Gasteiger partial charge in [0.1, 0.15) is 0 Å². The molecule has 1 aliphatic carbocycles. The number of alkyl halides is 2. The molecule has 1 aromatic rings. The van der Waals surface area contributed by atoms with Crippen LogP contribution < -0.4 is 4.90 Å². The molecule has 1 aromatic heterocycles. The van der Waals surface area contributed by atoms with Crippen LogP contribution in [0.25, 0.3) is 0 Å². The summed E-state index contributed by atoms with van der Waals surface area (Å²) in [6.45, 7) is 4.56. The second kappa shape index (κ2) is 5.71. The molecule has 20 heavy (non-hydrogen) atoms. The van der Waals surface area contributed by atoms with Gasteiger partial charge in [-0.1, -0.05) is 13.8 Å². The van der Waals surface area contributed by atoms with Crippen LogP contribution >= 0.6 is 15.9 Å². The number of pyridine rings is 1. The van der Waals surface area contributed by atoms with Crippen molar-refractivity contribution < 1.29 is 8.78 Å². The summed E-state index contributed by atoms with van der Waals surface area (Å²) in [4.78, 5) is 16.9. The van der Waals surface area contributed by atoms with E-state index in [0.717, 1.165) is 0 Å². The summed E-state index contributed by atoms with van der Waals surface area (Å²) in [5.74, 6) is -1.95. The Labute approximate surface area is 124 Å². The van der Waals surface area contributed by atoms with E-state index < -0.39 is 5.92 Å². The van der Waals surface area contributed by atoms with E-state index in [1.807, 2.05) is 13.8 Å². The van der Waals surface area contributed by atoms with Gasteiger partial charge in [-0.2, -0.15) is 0 Å². The van der Waals surface area contributed by atoms with E-state index >= 15 is 0 Å². The molecule has 0 aromatic carbocycles. The molecule has 1 fully saturated rings. The number of nitrogens with zero attached hydrogens (tertiary/aromatic N) is 3. The molecule has 1 aliphatic rings. The van der Waals surface area contributed by atoms with Crippen molar-refractivity contribution in [3.63, 3.8) is 0 Å². The molecule has 0 radical (unpaired) electrons. The second-order valence-corrected chi connectivity index (χ2v) is 6.47. The number of rotatable bonds is 5. The standard InChI is InChI=1S/C13H16BrF2N3O/c1-8(2)7-19(10-4-13(15,16)5-10)12-11(18-20)3-9(14)6-17-12/h3,6,8,10H,4-5,7H2,1-2H3. The van der Waals surface area contributed by atoms with Crippen LogP contribution in [0.4, 0.5) is 20.3 Å². The molecule has 1 heterocycles. The average Bonchev–Trinajstić information content (AvgIpc) is 2.33. The Morgan fingerprint density at radius 1 is 1.55 bits per heavy atom. The van der Waals surface area contributed by atoms with Crippen LogP contribution in [0.2, 0.25) is 0 Å². The molecule has 0 atom stereocenters. The highest BCUT2D eigenvalue weighted by Crippen LogP contribution is 2.43. The van der Waals surface area contributed by atoms with Gasteiger partial charge < -0.3 is 4.90 Å². The predicted octanol–water partition coefficient (Wildman–Crippen LogP) is 4.50. The predicted molar refractivity (Wildman–Crippen MR) is 77.5 cm³/mol. The maximum Gasteiger partial charge on any atom is 0.252 e. The molecule has 7 heteroatoms. The van der Waals surface area contributed by atoms with Crippen LogP contribution in [0, 0.1) is 10.8 Å². The van der Waals surface area contributed by atoms with E-state index in [2.05, 4.69) is 26.1 Å². The number of aromatic nitrogens is 1. The second-order valence-electron chi connectivity index (χ2n) is 5.55. The third kappa shape index (κ3) is 3.31. The molecule has 2 rings (SSSR count). The number of hydrogen-bond acceptors (Lipinski definition) is 4. The van der Waals surface area contributed by atoms with Crippen molar-refractivity contribution in [2.45, 2.75) is 38.7 Å². The Balaban J connectivity index is 2.29. The van der Waals surface area contributed by atoms with Crippen molar-refractivity contribution in [3.8, 4) is 0 Å². The molecule has 1 saturated carbocycles. The van der Waals surface area contributed by atoms with Gasteiger partial charge in [0.25, 0.3) is 5.92 Å². The minimum Gasteiger partial charge on any atom is -0.351 e. The molecule has 4 nitrogen and oxygen atoms in total. The highest BCUT2D eigenvalue weighted by atomic mass is 79.9. The summed E-state index contributed by atoms with van der Waals surface area (Å²) in [6.07, 6.45) is 1.15. The smallest absolute Gasteiger partial charge is 0.252 e.